The number of esters is 1. The quantitative estimate of drug-likeness (QED) is 0.464. The molecule has 0 bridgehead atoms. The van der Waals surface area contributed by atoms with Crippen molar-refractivity contribution in [1.82, 2.24) is 0 Å². The van der Waals surface area contributed by atoms with Crippen LogP contribution in [0.5, 0.6) is 0 Å². The van der Waals surface area contributed by atoms with Gasteiger partial charge in [-0.05, 0) is 42.5 Å². The molecule has 4 heteroatoms. The van der Waals surface area contributed by atoms with E-state index >= 15 is 0 Å². The molecule has 1 saturated heterocycles. The van der Waals surface area contributed by atoms with Crippen LogP contribution in [-0.2, 0) is 14.2 Å². The molecular weight excluding hydrogens is 376 g/mol. The first-order valence-corrected chi connectivity index (χ1v) is 10.4. The lowest BCUT2D eigenvalue weighted by Crippen LogP contribution is -2.29. The van der Waals surface area contributed by atoms with E-state index in [4.69, 9.17) is 14.2 Å². The number of carbonyl (C=O) groups excluding carboxylic acids is 1. The first-order chi connectivity index (χ1) is 14.8. The van der Waals surface area contributed by atoms with Gasteiger partial charge in [0.25, 0.3) is 0 Å². The summed E-state index contributed by atoms with van der Waals surface area (Å²) in [5, 5.41) is 0. The zero-order chi connectivity index (χ0) is 20.6. The third-order valence-electron chi connectivity index (χ3n) is 5.21. The molecule has 1 fully saturated rings. The van der Waals surface area contributed by atoms with Crippen molar-refractivity contribution in [3.63, 3.8) is 0 Å². The lowest BCUT2D eigenvalue weighted by Gasteiger charge is -2.32. The summed E-state index contributed by atoms with van der Waals surface area (Å²) in [5.74, 6) is -0.376. The molecule has 1 unspecified atom stereocenters. The van der Waals surface area contributed by atoms with Crippen LogP contribution in [0.4, 0.5) is 0 Å². The minimum absolute atomic E-state index is 0.314. The van der Waals surface area contributed by atoms with Gasteiger partial charge < -0.3 is 14.2 Å². The number of rotatable bonds is 7. The van der Waals surface area contributed by atoms with Crippen LogP contribution in [0.2, 0.25) is 0 Å². The molecule has 0 spiro atoms. The molecule has 0 aromatic heterocycles. The van der Waals surface area contributed by atoms with Crippen LogP contribution in [0.15, 0.2) is 91.0 Å². The van der Waals surface area contributed by atoms with Crippen molar-refractivity contribution in [2.75, 3.05) is 6.61 Å². The Morgan fingerprint density at radius 3 is 1.90 bits per heavy atom. The van der Waals surface area contributed by atoms with E-state index in [1.165, 1.54) is 0 Å². The Morgan fingerprint density at radius 2 is 1.33 bits per heavy atom. The van der Waals surface area contributed by atoms with Gasteiger partial charge in [-0.15, -0.1) is 0 Å². The second kappa shape index (κ2) is 10.2. The topological polar surface area (TPSA) is 44.8 Å². The maximum Gasteiger partial charge on any atom is 0.338 e. The molecule has 0 aliphatic carbocycles. The van der Waals surface area contributed by atoms with E-state index < -0.39 is 12.2 Å². The average Bonchev–Trinajstić information content (AvgIpc) is 2.83. The molecule has 3 aromatic carbocycles. The first kappa shape index (κ1) is 20.3. The second-order valence-electron chi connectivity index (χ2n) is 7.37. The molecule has 4 rings (SSSR count). The van der Waals surface area contributed by atoms with Crippen LogP contribution in [0.1, 0.15) is 53.0 Å². The molecule has 1 aliphatic heterocycles. The molecule has 3 atom stereocenters. The van der Waals surface area contributed by atoms with E-state index in [1.807, 2.05) is 78.9 Å². The highest BCUT2D eigenvalue weighted by atomic mass is 16.7. The Kier molecular flexibility index (Phi) is 6.91. The lowest BCUT2D eigenvalue weighted by atomic mass is 9.97. The van der Waals surface area contributed by atoms with Gasteiger partial charge in [0.15, 0.2) is 12.4 Å². The number of benzene rings is 3. The minimum atomic E-state index is -0.605. The van der Waals surface area contributed by atoms with Crippen molar-refractivity contribution < 1.29 is 19.0 Å². The standard InChI is InChI=1S/C26H26O4/c27-26(22-16-8-3-9-17-22)30-25(21-14-6-2-7-15-21)24(20-12-4-1-5-13-20)29-23-18-10-11-19-28-23/h1-9,12-17,23-25H,10-11,18-19H2/t23?,24-,25+/m0/s1. The number of ether oxygens (including phenoxy) is 3. The van der Waals surface area contributed by atoms with E-state index in [0.717, 1.165) is 30.4 Å². The molecule has 30 heavy (non-hydrogen) atoms. The van der Waals surface area contributed by atoms with Gasteiger partial charge in [-0.3, -0.25) is 0 Å². The van der Waals surface area contributed by atoms with Gasteiger partial charge in [0.1, 0.15) is 6.10 Å². The monoisotopic (exact) mass is 402 g/mol. The molecule has 154 valence electrons. The van der Waals surface area contributed by atoms with Crippen LogP contribution in [0, 0.1) is 0 Å². The molecule has 3 aromatic rings. The summed E-state index contributed by atoms with van der Waals surface area (Å²) < 4.78 is 18.3. The maximum atomic E-state index is 12.9. The third kappa shape index (κ3) is 5.15. The summed E-state index contributed by atoms with van der Waals surface area (Å²) in [6, 6.07) is 28.7. The lowest BCUT2D eigenvalue weighted by molar-refractivity contribution is -0.210. The molecule has 0 saturated carbocycles. The van der Waals surface area contributed by atoms with Crippen LogP contribution < -0.4 is 0 Å². The van der Waals surface area contributed by atoms with Crippen molar-refractivity contribution >= 4 is 5.97 Å². The van der Waals surface area contributed by atoms with Crippen LogP contribution in [-0.4, -0.2) is 18.9 Å². The summed E-state index contributed by atoms with van der Waals surface area (Å²) in [7, 11) is 0. The predicted molar refractivity (Wildman–Crippen MR) is 115 cm³/mol. The van der Waals surface area contributed by atoms with Gasteiger partial charge in [-0.2, -0.15) is 0 Å². The molecule has 1 aliphatic rings. The number of hydrogen-bond donors (Lipinski definition) is 0. The average molecular weight is 402 g/mol. The van der Waals surface area contributed by atoms with Crippen molar-refractivity contribution in [1.29, 1.82) is 0 Å². The van der Waals surface area contributed by atoms with Gasteiger partial charge in [0, 0.05) is 6.61 Å². The fourth-order valence-electron chi connectivity index (χ4n) is 3.65. The molecular formula is C26H26O4. The zero-order valence-electron chi connectivity index (χ0n) is 16.9. The van der Waals surface area contributed by atoms with E-state index in [-0.39, 0.29) is 12.3 Å². The van der Waals surface area contributed by atoms with E-state index in [2.05, 4.69) is 0 Å². The summed E-state index contributed by atoms with van der Waals surface area (Å²) in [5.41, 5.74) is 2.34. The molecule has 1 heterocycles. The molecule has 4 nitrogen and oxygen atoms in total. The fraction of sp³-hybridized carbons (Fsp3) is 0.269. The number of hydrogen-bond acceptors (Lipinski definition) is 4. The van der Waals surface area contributed by atoms with E-state index in [9.17, 15) is 4.79 Å². The first-order valence-electron chi connectivity index (χ1n) is 10.4. The summed E-state index contributed by atoms with van der Waals surface area (Å²) in [4.78, 5) is 12.9. The Bertz CT molecular complexity index is 906. The largest absolute Gasteiger partial charge is 0.451 e. The van der Waals surface area contributed by atoms with Gasteiger partial charge in [-0.25, -0.2) is 4.79 Å². The van der Waals surface area contributed by atoms with Crippen molar-refractivity contribution in [2.24, 2.45) is 0 Å². The highest BCUT2D eigenvalue weighted by Crippen LogP contribution is 2.38. The van der Waals surface area contributed by atoms with Gasteiger partial charge >= 0.3 is 5.97 Å². The number of carbonyl (C=O) groups is 1. The van der Waals surface area contributed by atoms with Crippen LogP contribution >= 0.6 is 0 Å². The highest BCUT2D eigenvalue weighted by molar-refractivity contribution is 5.89. The smallest absolute Gasteiger partial charge is 0.338 e. The Morgan fingerprint density at radius 1 is 0.767 bits per heavy atom. The third-order valence-corrected chi connectivity index (χ3v) is 5.21. The minimum Gasteiger partial charge on any atom is -0.451 e. The van der Waals surface area contributed by atoms with Crippen molar-refractivity contribution in [2.45, 2.75) is 37.8 Å². The van der Waals surface area contributed by atoms with Crippen LogP contribution in [0.25, 0.3) is 0 Å². The Labute approximate surface area is 177 Å². The van der Waals surface area contributed by atoms with Gasteiger partial charge in [0.05, 0.1) is 5.56 Å². The van der Waals surface area contributed by atoms with Gasteiger partial charge in [0.2, 0.25) is 0 Å². The highest BCUT2D eigenvalue weighted by Gasteiger charge is 2.32. The van der Waals surface area contributed by atoms with Gasteiger partial charge in [-0.1, -0.05) is 78.9 Å². The van der Waals surface area contributed by atoms with Crippen molar-refractivity contribution in [3.8, 4) is 0 Å². The normalized spacial score (nSPS) is 18.3. The van der Waals surface area contributed by atoms with Crippen molar-refractivity contribution in [3.05, 3.63) is 108 Å². The predicted octanol–water partition coefficient (Wildman–Crippen LogP) is 5.87. The maximum absolute atomic E-state index is 12.9. The van der Waals surface area contributed by atoms with E-state index in [1.54, 1.807) is 12.1 Å². The second-order valence-corrected chi connectivity index (χ2v) is 7.37. The SMILES string of the molecule is O=C(O[C@H](c1ccccc1)[C@@H](OC1CCCCO1)c1ccccc1)c1ccccc1. The fourth-order valence-corrected chi connectivity index (χ4v) is 3.65. The molecule has 0 N–H and O–H groups in total. The Hall–Kier alpha value is -2.95. The molecule has 0 amide bonds. The van der Waals surface area contributed by atoms with Crippen LogP contribution in [0.3, 0.4) is 0 Å². The molecule has 0 radical (unpaired) electrons. The Balaban J connectivity index is 1.67. The summed E-state index contributed by atoms with van der Waals surface area (Å²) in [6.07, 6.45) is 1.53. The van der Waals surface area contributed by atoms with E-state index in [0.29, 0.717) is 12.2 Å². The summed E-state index contributed by atoms with van der Waals surface area (Å²) >= 11 is 0. The zero-order valence-corrected chi connectivity index (χ0v) is 16.9. The summed E-state index contributed by atoms with van der Waals surface area (Å²) in [6.45, 7) is 0.686.